The molecule has 0 aliphatic heterocycles. The lowest BCUT2D eigenvalue weighted by atomic mass is 10.0. The fraction of sp³-hybridized carbons (Fsp3) is 0.500. The minimum Gasteiger partial charge on any atom is -0.467 e. The van der Waals surface area contributed by atoms with Crippen LogP contribution in [0.15, 0.2) is 30.3 Å². The number of methoxy groups -OCH3 is 1. The highest BCUT2D eigenvalue weighted by Gasteiger charge is 2.47. The molecule has 1 aromatic rings. The molecule has 1 rings (SSSR count). The molecule has 1 aromatic carbocycles. The Morgan fingerprint density at radius 3 is 2.18 bits per heavy atom. The van der Waals surface area contributed by atoms with Crippen molar-refractivity contribution < 1.29 is 23.8 Å². The van der Waals surface area contributed by atoms with Gasteiger partial charge in [-0.25, -0.2) is 9.59 Å². The summed E-state index contributed by atoms with van der Waals surface area (Å²) in [6.45, 7) is 4.96. The minimum absolute atomic E-state index is 0.222. The fourth-order valence-electron chi connectivity index (χ4n) is 1.66. The van der Waals surface area contributed by atoms with Gasteiger partial charge in [0.05, 0.1) is 20.3 Å². The van der Waals surface area contributed by atoms with Gasteiger partial charge in [0.1, 0.15) is 5.60 Å². The molecule has 0 aliphatic rings. The summed E-state index contributed by atoms with van der Waals surface area (Å²) in [6, 6.07) is 9.34. The molecule has 0 amide bonds. The molecule has 1 atom stereocenters. The molecule has 0 aromatic heterocycles. The summed E-state index contributed by atoms with van der Waals surface area (Å²) >= 11 is 0. The Morgan fingerprint density at radius 2 is 1.68 bits per heavy atom. The molecule has 2 N–H and O–H groups in total. The number of esters is 2. The highest BCUT2D eigenvalue weighted by molar-refractivity contribution is 6.05. The largest absolute Gasteiger partial charge is 0.467 e. The van der Waals surface area contributed by atoms with Crippen LogP contribution in [0.1, 0.15) is 26.3 Å². The van der Waals surface area contributed by atoms with Crippen LogP contribution in [0, 0.1) is 0 Å². The smallest absolute Gasteiger partial charge is 0.340 e. The maximum atomic E-state index is 12.2. The van der Waals surface area contributed by atoms with E-state index >= 15 is 0 Å². The standard InChI is InChI=1S/C16H23NO5/c1-15(2,3)22-14(19)16(17,13(18)20-4)11-21-10-12-8-6-5-7-9-12/h5-9H,10-11,17H2,1-4H3. The second-order valence-corrected chi connectivity index (χ2v) is 5.94. The van der Waals surface area contributed by atoms with Crippen LogP contribution in [-0.4, -0.2) is 36.8 Å². The maximum absolute atomic E-state index is 12.2. The van der Waals surface area contributed by atoms with Crippen LogP contribution in [0.25, 0.3) is 0 Å². The van der Waals surface area contributed by atoms with E-state index in [0.29, 0.717) is 0 Å². The number of benzene rings is 1. The van der Waals surface area contributed by atoms with E-state index in [-0.39, 0.29) is 13.2 Å². The van der Waals surface area contributed by atoms with Crippen molar-refractivity contribution >= 4 is 11.9 Å². The molecule has 0 heterocycles. The zero-order valence-electron chi connectivity index (χ0n) is 13.4. The van der Waals surface area contributed by atoms with Crippen LogP contribution in [0.4, 0.5) is 0 Å². The molecule has 0 radical (unpaired) electrons. The Morgan fingerprint density at radius 1 is 1.09 bits per heavy atom. The van der Waals surface area contributed by atoms with Gasteiger partial charge < -0.3 is 19.9 Å². The van der Waals surface area contributed by atoms with Crippen molar-refractivity contribution in [2.45, 2.75) is 38.5 Å². The monoisotopic (exact) mass is 309 g/mol. The van der Waals surface area contributed by atoms with Gasteiger partial charge in [0, 0.05) is 0 Å². The van der Waals surface area contributed by atoms with Crippen LogP contribution in [0.2, 0.25) is 0 Å². The molecule has 122 valence electrons. The molecular weight excluding hydrogens is 286 g/mol. The average Bonchev–Trinajstić information content (AvgIpc) is 2.45. The van der Waals surface area contributed by atoms with E-state index in [1.807, 2.05) is 30.3 Å². The highest BCUT2D eigenvalue weighted by Crippen LogP contribution is 2.15. The normalized spacial score (nSPS) is 14.0. The van der Waals surface area contributed by atoms with Crippen molar-refractivity contribution in [1.29, 1.82) is 0 Å². The molecule has 6 nitrogen and oxygen atoms in total. The number of carbonyl (C=O) groups excluding carboxylic acids is 2. The van der Waals surface area contributed by atoms with E-state index in [1.54, 1.807) is 20.8 Å². The van der Waals surface area contributed by atoms with Gasteiger partial charge in [0.2, 0.25) is 5.54 Å². The van der Waals surface area contributed by atoms with E-state index in [9.17, 15) is 9.59 Å². The third kappa shape index (κ3) is 5.13. The predicted molar refractivity (Wildman–Crippen MR) is 80.9 cm³/mol. The first-order valence-electron chi connectivity index (χ1n) is 6.91. The van der Waals surface area contributed by atoms with Crippen LogP contribution in [-0.2, 0) is 30.4 Å². The van der Waals surface area contributed by atoms with Crippen molar-refractivity contribution in [2.75, 3.05) is 13.7 Å². The molecule has 6 heteroatoms. The number of hydrogen-bond donors (Lipinski definition) is 1. The lowest BCUT2D eigenvalue weighted by Crippen LogP contribution is -2.60. The number of carbonyl (C=O) groups is 2. The Bertz CT molecular complexity index is 509. The molecule has 0 saturated carbocycles. The lowest BCUT2D eigenvalue weighted by Gasteiger charge is -2.28. The quantitative estimate of drug-likeness (QED) is 0.631. The van der Waals surface area contributed by atoms with Crippen LogP contribution in [0.3, 0.4) is 0 Å². The molecule has 0 saturated heterocycles. The van der Waals surface area contributed by atoms with E-state index in [2.05, 4.69) is 4.74 Å². The first-order valence-corrected chi connectivity index (χ1v) is 6.91. The summed E-state index contributed by atoms with van der Waals surface area (Å²) in [4.78, 5) is 24.1. The molecule has 0 bridgehead atoms. The summed E-state index contributed by atoms with van der Waals surface area (Å²) in [7, 11) is 1.16. The summed E-state index contributed by atoms with van der Waals surface area (Å²) in [5.74, 6) is -1.77. The van der Waals surface area contributed by atoms with Gasteiger partial charge in [-0.2, -0.15) is 0 Å². The Kier molecular flexibility index (Phi) is 6.08. The Balaban J connectivity index is 2.75. The molecule has 0 spiro atoms. The molecule has 1 unspecified atom stereocenters. The highest BCUT2D eigenvalue weighted by atomic mass is 16.6. The van der Waals surface area contributed by atoms with Gasteiger partial charge in [-0.3, -0.25) is 0 Å². The molecule has 0 fully saturated rings. The van der Waals surface area contributed by atoms with Gasteiger partial charge in [0.15, 0.2) is 0 Å². The van der Waals surface area contributed by atoms with Crippen molar-refractivity contribution in [1.82, 2.24) is 0 Å². The van der Waals surface area contributed by atoms with Crippen molar-refractivity contribution in [3.63, 3.8) is 0 Å². The Labute approximate surface area is 130 Å². The number of ether oxygens (including phenoxy) is 3. The summed E-state index contributed by atoms with van der Waals surface area (Å²) < 4.78 is 15.2. The molecule has 22 heavy (non-hydrogen) atoms. The number of rotatable bonds is 6. The van der Waals surface area contributed by atoms with Gasteiger partial charge in [-0.15, -0.1) is 0 Å². The predicted octanol–water partition coefficient (Wildman–Crippen LogP) is 1.42. The van der Waals surface area contributed by atoms with E-state index in [1.165, 1.54) is 0 Å². The molecule has 0 aliphatic carbocycles. The Hall–Kier alpha value is -1.92. The zero-order valence-corrected chi connectivity index (χ0v) is 13.4. The van der Waals surface area contributed by atoms with Gasteiger partial charge in [-0.1, -0.05) is 30.3 Å². The van der Waals surface area contributed by atoms with Crippen LogP contribution >= 0.6 is 0 Å². The van der Waals surface area contributed by atoms with Gasteiger partial charge in [0.25, 0.3) is 0 Å². The second kappa shape index (κ2) is 7.38. The third-order valence-corrected chi connectivity index (χ3v) is 2.75. The van der Waals surface area contributed by atoms with Gasteiger partial charge in [-0.05, 0) is 26.3 Å². The van der Waals surface area contributed by atoms with E-state index < -0.39 is 23.1 Å². The van der Waals surface area contributed by atoms with E-state index in [4.69, 9.17) is 15.2 Å². The lowest BCUT2D eigenvalue weighted by molar-refractivity contribution is -0.173. The zero-order chi connectivity index (χ0) is 16.8. The van der Waals surface area contributed by atoms with Crippen molar-refractivity contribution in [3.05, 3.63) is 35.9 Å². The minimum atomic E-state index is -1.99. The van der Waals surface area contributed by atoms with Gasteiger partial charge >= 0.3 is 11.9 Å². The van der Waals surface area contributed by atoms with Crippen LogP contribution in [0.5, 0.6) is 0 Å². The summed E-state index contributed by atoms with van der Waals surface area (Å²) in [6.07, 6.45) is 0. The number of nitrogens with two attached hydrogens (primary N) is 1. The van der Waals surface area contributed by atoms with Crippen LogP contribution < -0.4 is 5.73 Å². The fourth-order valence-corrected chi connectivity index (χ4v) is 1.66. The second-order valence-electron chi connectivity index (χ2n) is 5.94. The van der Waals surface area contributed by atoms with Crippen molar-refractivity contribution in [3.8, 4) is 0 Å². The molecular formula is C16H23NO5. The SMILES string of the molecule is COC(=O)C(N)(COCc1ccccc1)C(=O)OC(C)(C)C. The number of hydrogen-bond acceptors (Lipinski definition) is 6. The van der Waals surface area contributed by atoms with Crippen molar-refractivity contribution in [2.24, 2.45) is 5.73 Å². The summed E-state index contributed by atoms with van der Waals surface area (Å²) in [5, 5.41) is 0. The first kappa shape index (κ1) is 18.1. The topological polar surface area (TPSA) is 87.9 Å². The maximum Gasteiger partial charge on any atom is 0.340 e. The average molecular weight is 309 g/mol. The summed E-state index contributed by atoms with van der Waals surface area (Å²) in [5.41, 5.74) is 4.04. The van der Waals surface area contributed by atoms with E-state index in [0.717, 1.165) is 12.7 Å². The first-order chi connectivity index (χ1) is 10.2. The third-order valence-electron chi connectivity index (χ3n) is 2.75.